The fourth-order valence-electron chi connectivity index (χ4n) is 2.28. The van der Waals surface area contributed by atoms with E-state index < -0.39 is 30.3 Å². The summed E-state index contributed by atoms with van der Waals surface area (Å²) in [7, 11) is 0. The van der Waals surface area contributed by atoms with E-state index >= 15 is 0 Å². The molecule has 0 heterocycles. The van der Waals surface area contributed by atoms with Crippen LogP contribution in [0, 0.1) is 0 Å². The van der Waals surface area contributed by atoms with Crippen molar-refractivity contribution >= 4 is 5.91 Å². The fourth-order valence-corrected chi connectivity index (χ4v) is 2.28. The molecule has 1 aliphatic rings. The van der Waals surface area contributed by atoms with Crippen LogP contribution in [0.5, 0.6) is 0 Å². The molecule has 1 rings (SSSR count). The average molecular weight is 255 g/mol. The molecule has 0 saturated heterocycles. The number of hydrogen-bond acceptors (Lipinski definition) is 1. The first kappa shape index (κ1) is 14.3. The Morgan fingerprint density at radius 2 is 1.65 bits per heavy atom. The number of hydrogen-bond donors (Lipinski definition) is 0. The third-order valence-electron chi connectivity index (χ3n) is 3.05. The van der Waals surface area contributed by atoms with Crippen molar-refractivity contribution in [1.29, 1.82) is 0 Å². The minimum Gasteiger partial charge on any atom is -0.329 e. The molecular formula is C11H17F4NO. The molecule has 2 nitrogen and oxygen atoms in total. The van der Waals surface area contributed by atoms with Crippen molar-refractivity contribution in [3.63, 3.8) is 0 Å². The van der Waals surface area contributed by atoms with Gasteiger partial charge in [-0.25, -0.2) is 4.39 Å². The van der Waals surface area contributed by atoms with Gasteiger partial charge in [-0.2, -0.15) is 13.2 Å². The van der Waals surface area contributed by atoms with Crippen molar-refractivity contribution in [3.05, 3.63) is 0 Å². The van der Waals surface area contributed by atoms with Gasteiger partial charge < -0.3 is 4.90 Å². The highest BCUT2D eigenvalue weighted by atomic mass is 19.4. The summed E-state index contributed by atoms with van der Waals surface area (Å²) in [5.74, 6) is -1.81. The second-order valence-electron chi connectivity index (χ2n) is 4.71. The van der Waals surface area contributed by atoms with Crippen LogP contribution in [0.3, 0.4) is 0 Å². The zero-order chi connectivity index (χ0) is 13.2. The van der Waals surface area contributed by atoms with Crippen LogP contribution < -0.4 is 0 Å². The molecule has 0 aromatic rings. The zero-order valence-electron chi connectivity index (χ0n) is 9.93. The second-order valence-corrected chi connectivity index (χ2v) is 4.71. The van der Waals surface area contributed by atoms with E-state index in [2.05, 4.69) is 0 Å². The predicted octanol–water partition coefficient (Wildman–Crippen LogP) is 3.07. The summed E-state index contributed by atoms with van der Waals surface area (Å²) in [5, 5.41) is 0. The van der Waals surface area contributed by atoms with Gasteiger partial charge in [-0.3, -0.25) is 4.79 Å². The topological polar surface area (TPSA) is 20.3 Å². The Labute approximate surface area is 98.0 Å². The summed E-state index contributed by atoms with van der Waals surface area (Å²) < 4.78 is 50.2. The van der Waals surface area contributed by atoms with Crippen LogP contribution in [0.1, 0.15) is 39.5 Å². The second kappa shape index (κ2) is 5.23. The summed E-state index contributed by atoms with van der Waals surface area (Å²) in [6, 6.07) is -1.01. The molecule has 0 atom stereocenters. The molecule has 0 unspecified atom stereocenters. The van der Waals surface area contributed by atoms with Crippen LogP contribution in [-0.4, -0.2) is 35.2 Å². The van der Waals surface area contributed by atoms with Gasteiger partial charge in [0.15, 0.2) is 0 Å². The zero-order valence-corrected chi connectivity index (χ0v) is 9.93. The van der Waals surface area contributed by atoms with Crippen LogP contribution in [0.15, 0.2) is 0 Å². The Morgan fingerprint density at radius 1 is 1.18 bits per heavy atom. The average Bonchev–Trinajstić information content (AvgIpc) is 2.19. The molecule has 0 aliphatic heterocycles. The molecule has 0 bridgehead atoms. The standard InChI is InChI=1S/C11H17F4NO/c1-7(2)16(10(17)11(13,14)15)9-5-3-8(12)4-6-9/h7-9H,3-6H2,1-2H3. The summed E-state index contributed by atoms with van der Waals surface area (Å²) in [6.07, 6.45) is -4.71. The van der Waals surface area contributed by atoms with Gasteiger partial charge in [0.2, 0.25) is 0 Å². The van der Waals surface area contributed by atoms with Crippen LogP contribution in [-0.2, 0) is 4.79 Å². The fraction of sp³-hybridized carbons (Fsp3) is 0.909. The molecule has 0 spiro atoms. The van der Waals surface area contributed by atoms with E-state index in [1.165, 1.54) is 0 Å². The number of carbonyl (C=O) groups is 1. The molecule has 6 heteroatoms. The maximum atomic E-state index is 12.9. The number of halogens is 4. The monoisotopic (exact) mass is 255 g/mol. The lowest BCUT2D eigenvalue weighted by molar-refractivity contribution is -0.190. The van der Waals surface area contributed by atoms with Gasteiger partial charge in [-0.05, 0) is 39.5 Å². The van der Waals surface area contributed by atoms with Crippen molar-refractivity contribution in [1.82, 2.24) is 4.90 Å². The van der Waals surface area contributed by atoms with Crippen LogP contribution in [0.4, 0.5) is 17.6 Å². The van der Waals surface area contributed by atoms with Gasteiger partial charge in [0.1, 0.15) is 6.17 Å². The number of rotatable bonds is 2. The molecule has 1 amide bonds. The van der Waals surface area contributed by atoms with E-state index in [0.717, 1.165) is 4.90 Å². The molecule has 1 saturated carbocycles. The number of nitrogens with zero attached hydrogens (tertiary/aromatic N) is 1. The summed E-state index contributed by atoms with van der Waals surface area (Å²) in [5.41, 5.74) is 0. The highest BCUT2D eigenvalue weighted by molar-refractivity contribution is 5.82. The van der Waals surface area contributed by atoms with Gasteiger partial charge in [0.25, 0.3) is 0 Å². The Morgan fingerprint density at radius 3 is 2.00 bits per heavy atom. The lowest BCUT2D eigenvalue weighted by Crippen LogP contribution is -2.51. The molecule has 100 valence electrons. The maximum Gasteiger partial charge on any atom is 0.471 e. The summed E-state index contributed by atoms with van der Waals surface area (Å²) >= 11 is 0. The van der Waals surface area contributed by atoms with E-state index in [1.54, 1.807) is 13.8 Å². The van der Waals surface area contributed by atoms with E-state index in [4.69, 9.17) is 0 Å². The van der Waals surface area contributed by atoms with Gasteiger partial charge in [-0.15, -0.1) is 0 Å². The van der Waals surface area contributed by atoms with E-state index in [9.17, 15) is 22.4 Å². The van der Waals surface area contributed by atoms with Crippen LogP contribution in [0.25, 0.3) is 0 Å². The molecule has 0 N–H and O–H groups in total. The Balaban J connectivity index is 2.76. The minimum absolute atomic E-state index is 0.235. The summed E-state index contributed by atoms with van der Waals surface area (Å²) in [4.78, 5) is 12.1. The van der Waals surface area contributed by atoms with Crippen molar-refractivity contribution in [2.24, 2.45) is 0 Å². The lowest BCUT2D eigenvalue weighted by Gasteiger charge is -2.38. The Kier molecular flexibility index (Phi) is 4.38. The Bertz CT molecular complexity index is 269. The number of amides is 1. The SMILES string of the molecule is CC(C)N(C(=O)C(F)(F)F)C1CCC(F)CC1. The highest BCUT2D eigenvalue weighted by Crippen LogP contribution is 2.29. The van der Waals surface area contributed by atoms with E-state index in [-0.39, 0.29) is 12.8 Å². The maximum absolute atomic E-state index is 12.9. The predicted molar refractivity (Wildman–Crippen MR) is 55.2 cm³/mol. The molecule has 0 radical (unpaired) electrons. The van der Waals surface area contributed by atoms with Crippen molar-refractivity contribution in [2.45, 2.75) is 64.0 Å². The molecule has 1 fully saturated rings. The first-order valence-electron chi connectivity index (χ1n) is 5.77. The van der Waals surface area contributed by atoms with E-state index in [1.807, 2.05) is 0 Å². The molecule has 1 aliphatic carbocycles. The quantitative estimate of drug-likeness (QED) is 0.694. The Hall–Kier alpha value is -0.810. The van der Waals surface area contributed by atoms with Gasteiger partial charge >= 0.3 is 12.1 Å². The van der Waals surface area contributed by atoms with Gasteiger partial charge in [0.05, 0.1) is 0 Å². The first-order valence-corrected chi connectivity index (χ1v) is 5.77. The normalized spacial score (nSPS) is 26.1. The van der Waals surface area contributed by atoms with Crippen molar-refractivity contribution < 1.29 is 22.4 Å². The number of alkyl halides is 4. The smallest absolute Gasteiger partial charge is 0.329 e. The molecular weight excluding hydrogens is 238 g/mol. The number of carbonyl (C=O) groups excluding carboxylic acids is 1. The van der Waals surface area contributed by atoms with Gasteiger partial charge in [0, 0.05) is 12.1 Å². The molecule has 0 aromatic carbocycles. The molecule has 0 aromatic heterocycles. The van der Waals surface area contributed by atoms with Crippen molar-refractivity contribution in [2.75, 3.05) is 0 Å². The lowest BCUT2D eigenvalue weighted by atomic mass is 9.92. The molecule has 17 heavy (non-hydrogen) atoms. The third-order valence-corrected chi connectivity index (χ3v) is 3.05. The highest BCUT2D eigenvalue weighted by Gasteiger charge is 2.45. The van der Waals surface area contributed by atoms with Crippen LogP contribution in [0.2, 0.25) is 0 Å². The largest absolute Gasteiger partial charge is 0.471 e. The first-order chi connectivity index (χ1) is 7.73. The van der Waals surface area contributed by atoms with E-state index in [0.29, 0.717) is 12.8 Å². The van der Waals surface area contributed by atoms with Gasteiger partial charge in [-0.1, -0.05) is 0 Å². The third kappa shape index (κ3) is 3.57. The summed E-state index contributed by atoms with van der Waals surface area (Å²) in [6.45, 7) is 3.09. The minimum atomic E-state index is -4.85. The van der Waals surface area contributed by atoms with Crippen LogP contribution >= 0.6 is 0 Å². The van der Waals surface area contributed by atoms with Crippen molar-refractivity contribution in [3.8, 4) is 0 Å².